The molecule has 5 aromatic heterocycles. The normalized spacial score (nSPS) is 13.0. The molecular weight excluding hydrogens is 1230 g/mol. The maximum Gasteiger partial charge on any atom is 4.00 e. The van der Waals surface area contributed by atoms with Gasteiger partial charge in [-0.1, -0.05) is 29.3 Å². The Balaban J connectivity index is 0.00000234. The summed E-state index contributed by atoms with van der Waals surface area (Å²) in [5, 5.41) is 0. The summed E-state index contributed by atoms with van der Waals surface area (Å²) in [6, 6.07) is 45.5. The fourth-order valence-electron chi connectivity index (χ4n) is 9.80. The Kier molecular flexibility index (Phi) is 9.32. The maximum absolute atomic E-state index is 6.53. The molecule has 0 unspecified atom stereocenters. The Bertz CT molecular complexity index is 3710. The van der Waals surface area contributed by atoms with Gasteiger partial charge in [0.25, 0.3) is 0 Å². The maximum atomic E-state index is 6.53. The van der Waals surface area contributed by atoms with Gasteiger partial charge in [-0.05, 0) is 24.3 Å². The summed E-state index contributed by atoms with van der Waals surface area (Å²) in [5.41, 5.74) is 11.3. The Morgan fingerprint density at radius 1 is 0.464 bits per heavy atom. The molecule has 4 aliphatic heterocycles. The quantitative estimate of drug-likeness (QED) is 0.148. The number of nitrogens with zero attached hydrogens (tertiary/aromatic N) is 8. The molecule has 11 aromatic rings. The summed E-state index contributed by atoms with van der Waals surface area (Å²) in [6.07, 6.45) is 16.5. The number of furan rings is 1. The van der Waals surface area contributed by atoms with Gasteiger partial charge in [-0.15, -0.1) is 70.1 Å². The van der Waals surface area contributed by atoms with Crippen LogP contribution in [0, 0.1) is 49.2 Å². The number of benzene rings is 6. The van der Waals surface area contributed by atoms with Crippen molar-refractivity contribution in [3.63, 3.8) is 0 Å². The molecule has 0 radical (unpaired) electrons. The van der Waals surface area contributed by atoms with Gasteiger partial charge in [0.1, 0.15) is 46.7 Å². The van der Waals surface area contributed by atoms with Crippen molar-refractivity contribution in [3.05, 3.63) is 159 Å². The van der Waals surface area contributed by atoms with Crippen LogP contribution in [0.4, 0.5) is 0 Å². The molecule has 13 nitrogen and oxygen atoms in total. The van der Waals surface area contributed by atoms with E-state index in [-0.39, 0.29) is 55.6 Å². The Labute approximate surface area is 422 Å². The molecule has 9 heterocycles. The molecule has 69 heavy (non-hydrogen) atoms. The third-order valence-corrected chi connectivity index (χ3v) is 12.7. The zero-order chi connectivity index (χ0) is 44.1. The average Bonchev–Trinajstić information content (AvgIpc) is 4.09. The standard InChI is InChI=1S/C52H24B2N8O5.2Pt/c1-59-27-61(51-49(59)55-17-19-57-51)32-11-15-40-36(24-32)53-34-21-29(9-13-38(34)64-42-5-3-7-44(66-40)47(42)53)31-23-46(63-26-31)30-10-14-39-35(22-30)54-37-25-33(62-28-60(2)50-52(62)58-20-18-56-50)12-16-41(37)67-45-8-4-6-43(65-39)48(45)54;;/h3-20H,1-2H3;;/q-6;2*+4. The van der Waals surface area contributed by atoms with Crippen LogP contribution < -0.4 is 60.9 Å². The molecule has 0 atom stereocenters. The van der Waals surface area contributed by atoms with E-state index in [1.165, 1.54) is 0 Å². The molecule has 6 aromatic carbocycles. The minimum absolute atomic E-state index is 0. The zero-order valence-electron chi connectivity index (χ0n) is 35.8. The van der Waals surface area contributed by atoms with Gasteiger partial charge in [-0.3, -0.25) is 9.97 Å². The second-order valence-corrected chi connectivity index (χ2v) is 16.6. The van der Waals surface area contributed by atoms with Crippen molar-refractivity contribution in [2.24, 2.45) is 14.1 Å². The molecule has 15 rings (SSSR count). The minimum Gasteiger partial charge on any atom is -0.631 e. The molecule has 0 N–H and O–H groups in total. The monoisotopic (exact) mass is 1250 g/mol. The van der Waals surface area contributed by atoms with Gasteiger partial charge in [0.15, 0.2) is 12.7 Å². The SMILES string of the molecule is C[n+]1[c-]n(-c2[c-]c3c(cc2)Oc2cccc4c2B3c2[c-]c(-c3[c-]oc(-c5[c-]c6c(cc5)Oc5cccc7c5B6c5[c-]c(-n6[c-][n+](C)c8nccnc86)ccc5O7)[c-]3)ccc2O4)c2nccnc21.[Pt+4].[Pt+4]. The average molecular weight is 1250 g/mol. The van der Waals surface area contributed by atoms with E-state index in [1.54, 1.807) is 24.8 Å². The predicted molar refractivity (Wildman–Crippen MR) is 243 cm³/mol. The van der Waals surface area contributed by atoms with Crippen molar-refractivity contribution in [2.75, 3.05) is 0 Å². The molecule has 0 amide bonds. The van der Waals surface area contributed by atoms with Crippen LogP contribution >= 0.6 is 0 Å². The van der Waals surface area contributed by atoms with E-state index in [1.807, 2.05) is 117 Å². The van der Waals surface area contributed by atoms with Crippen molar-refractivity contribution in [3.8, 4) is 79.8 Å². The Morgan fingerprint density at radius 2 is 0.884 bits per heavy atom. The van der Waals surface area contributed by atoms with Gasteiger partial charge in [-0.25, -0.2) is 12.1 Å². The summed E-state index contributed by atoms with van der Waals surface area (Å²) in [4.78, 5) is 18.2. The summed E-state index contributed by atoms with van der Waals surface area (Å²) in [7, 11) is 3.79. The first-order chi connectivity index (χ1) is 33.0. The van der Waals surface area contributed by atoms with Crippen LogP contribution in [0.5, 0.6) is 46.0 Å². The van der Waals surface area contributed by atoms with Gasteiger partial charge < -0.3 is 58.8 Å². The molecule has 326 valence electrons. The number of aromatic nitrogens is 8. The molecular formula is C52H24B2N8O5Pt2+2. The molecule has 0 saturated carbocycles. The number of rotatable bonds is 4. The predicted octanol–water partition coefficient (Wildman–Crippen LogP) is 3.58. The van der Waals surface area contributed by atoms with E-state index in [0.29, 0.717) is 85.5 Å². The third kappa shape index (κ3) is 6.13. The zero-order valence-corrected chi connectivity index (χ0v) is 40.3. The van der Waals surface area contributed by atoms with Crippen LogP contribution in [0.25, 0.3) is 56.4 Å². The smallest absolute Gasteiger partial charge is 0.631 e. The second kappa shape index (κ2) is 15.5. The van der Waals surface area contributed by atoms with Crippen LogP contribution in [-0.2, 0) is 56.2 Å². The van der Waals surface area contributed by atoms with E-state index in [0.717, 1.165) is 49.7 Å². The van der Waals surface area contributed by atoms with Crippen molar-refractivity contribution >= 4 is 68.8 Å². The molecule has 0 bridgehead atoms. The van der Waals surface area contributed by atoms with Crippen LogP contribution in [0.3, 0.4) is 0 Å². The summed E-state index contributed by atoms with van der Waals surface area (Å²) >= 11 is 0. The van der Waals surface area contributed by atoms with E-state index in [2.05, 4.69) is 69.2 Å². The Morgan fingerprint density at radius 3 is 1.38 bits per heavy atom. The number of ether oxygens (including phenoxy) is 4. The molecule has 17 heteroatoms. The molecule has 0 fully saturated rings. The van der Waals surface area contributed by atoms with Crippen molar-refractivity contribution < 1.29 is 74.6 Å². The van der Waals surface area contributed by atoms with Crippen LogP contribution in [0.15, 0.2) is 114 Å². The third-order valence-electron chi connectivity index (χ3n) is 12.7. The van der Waals surface area contributed by atoms with Crippen molar-refractivity contribution in [1.29, 1.82) is 0 Å². The number of imidazole rings is 2. The van der Waals surface area contributed by atoms with Gasteiger partial charge in [0.2, 0.25) is 24.7 Å². The second-order valence-electron chi connectivity index (χ2n) is 16.6. The summed E-state index contributed by atoms with van der Waals surface area (Å²) < 4.78 is 39.6. The van der Waals surface area contributed by atoms with Gasteiger partial charge in [0.05, 0.1) is 12.4 Å². The van der Waals surface area contributed by atoms with Gasteiger partial charge >= 0.3 is 42.1 Å². The van der Waals surface area contributed by atoms with Crippen molar-refractivity contribution in [1.82, 2.24) is 29.1 Å². The van der Waals surface area contributed by atoms with Crippen LogP contribution in [0.1, 0.15) is 0 Å². The first-order valence-corrected chi connectivity index (χ1v) is 21.4. The number of hydrogen-bond donors (Lipinski definition) is 0. The molecule has 4 aliphatic rings. The summed E-state index contributed by atoms with van der Waals surface area (Å²) in [5.74, 6) is 6.00. The van der Waals surface area contributed by atoms with Gasteiger partial charge in [-0.2, -0.15) is 34.2 Å². The number of fused-ring (bicyclic) bond motifs is 10. The van der Waals surface area contributed by atoms with Crippen LogP contribution in [-0.4, -0.2) is 42.5 Å². The van der Waals surface area contributed by atoms with E-state index in [9.17, 15) is 0 Å². The van der Waals surface area contributed by atoms with Gasteiger partial charge in [0, 0.05) is 48.0 Å². The van der Waals surface area contributed by atoms with E-state index < -0.39 is 0 Å². The molecule has 0 spiro atoms. The van der Waals surface area contributed by atoms with Crippen molar-refractivity contribution in [2.45, 2.75) is 0 Å². The topological polar surface area (TPSA) is 119 Å². The van der Waals surface area contributed by atoms with E-state index in [4.69, 9.17) is 23.4 Å². The number of aryl methyl sites for hydroxylation is 2. The summed E-state index contributed by atoms with van der Waals surface area (Å²) in [6.45, 7) is -0.650. The van der Waals surface area contributed by atoms with E-state index >= 15 is 0 Å². The molecule has 0 saturated heterocycles. The largest absolute Gasteiger partial charge is 4.00 e. The fourth-order valence-corrected chi connectivity index (χ4v) is 9.80. The first-order valence-electron chi connectivity index (χ1n) is 21.4. The number of hydrogen-bond acceptors (Lipinski definition) is 9. The molecule has 0 aliphatic carbocycles. The minimum atomic E-state index is -0.329. The fraction of sp³-hybridized carbons (Fsp3) is 0.0385. The first kappa shape index (κ1) is 41.6. The Hall–Kier alpha value is -7.59. The van der Waals surface area contributed by atoms with Crippen LogP contribution in [0.2, 0.25) is 0 Å².